The lowest BCUT2D eigenvalue weighted by Crippen LogP contribution is -2.39. The second kappa shape index (κ2) is 7.96. The number of likely N-dealkylation sites (tertiary alicyclic amines) is 1. The molecule has 1 saturated heterocycles. The molecule has 2 aliphatic rings. The summed E-state index contributed by atoms with van der Waals surface area (Å²) < 4.78 is 43.7. The summed E-state index contributed by atoms with van der Waals surface area (Å²) in [5.41, 5.74) is 0.529. The predicted octanol–water partition coefficient (Wildman–Crippen LogP) is 4.09. The number of amides is 1. The van der Waals surface area contributed by atoms with Gasteiger partial charge in [-0.05, 0) is 38.7 Å². The SMILES string of the molecule is CC[C@@H]1C[C@H](C(F)(F)F)n2nc([C@H]3CCCN3C(=O)C[C@@H](C)n3cccn3)cc2N1. The van der Waals surface area contributed by atoms with Gasteiger partial charge in [-0.1, -0.05) is 6.92 Å². The lowest BCUT2D eigenvalue weighted by molar-refractivity contribution is -0.173. The van der Waals surface area contributed by atoms with E-state index in [9.17, 15) is 18.0 Å². The van der Waals surface area contributed by atoms with Gasteiger partial charge in [0.1, 0.15) is 5.82 Å². The van der Waals surface area contributed by atoms with Crippen molar-refractivity contribution in [3.8, 4) is 0 Å². The fraction of sp³-hybridized carbons (Fsp3) is 0.650. The molecule has 0 aromatic carbocycles. The summed E-state index contributed by atoms with van der Waals surface area (Å²) in [7, 11) is 0. The van der Waals surface area contributed by atoms with E-state index in [1.165, 1.54) is 0 Å². The van der Waals surface area contributed by atoms with Crippen molar-refractivity contribution in [3.63, 3.8) is 0 Å². The van der Waals surface area contributed by atoms with Gasteiger partial charge >= 0.3 is 6.18 Å². The molecule has 10 heteroatoms. The molecule has 4 atom stereocenters. The maximum absolute atomic E-state index is 13.6. The number of anilines is 1. The van der Waals surface area contributed by atoms with Crippen LogP contribution in [0.1, 0.15) is 69.8 Å². The molecule has 2 aliphatic heterocycles. The summed E-state index contributed by atoms with van der Waals surface area (Å²) in [4.78, 5) is 14.7. The van der Waals surface area contributed by atoms with Crippen LogP contribution in [-0.2, 0) is 4.79 Å². The minimum atomic E-state index is -4.36. The molecule has 1 N–H and O–H groups in total. The molecular formula is C20H27F3N6O. The Morgan fingerprint density at radius 2 is 2.20 bits per heavy atom. The molecule has 0 radical (unpaired) electrons. The number of nitrogens with one attached hydrogen (secondary N) is 1. The third-order valence-corrected chi connectivity index (χ3v) is 6.14. The van der Waals surface area contributed by atoms with Gasteiger partial charge in [0, 0.05) is 37.5 Å². The van der Waals surface area contributed by atoms with Crippen molar-refractivity contribution in [3.05, 3.63) is 30.2 Å². The molecular weight excluding hydrogens is 397 g/mol. The third-order valence-electron chi connectivity index (χ3n) is 6.14. The zero-order valence-corrected chi connectivity index (χ0v) is 17.1. The number of nitrogens with zero attached hydrogens (tertiary/aromatic N) is 5. The minimum absolute atomic E-state index is 0.0294. The monoisotopic (exact) mass is 424 g/mol. The quantitative estimate of drug-likeness (QED) is 0.785. The molecule has 0 spiro atoms. The van der Waals surface area contributed by atoms with E-state index < -0.39 is 12.2 Å². The largest absolute Gasteiger partial charge is 0.410 e. The Labute approximate surface area is 173 Å². The Hall–Kier alpha value is -2.52. The summed E-state index contributed by atoms with van der Waals surface area (Å²) in [6.45, 7) is 4.38. The smallest absolute Gasteiger partial charge is 0.367 e. The number of hydrogen-bond acceptors (Lipinski definition) is 4. The van der Waals surface area contributed by atoms with Crippen molar-refractivity contribution in [1.29, 1.82) is 0 Å². The van der Waals surface area contributed by atoms with Crippen LogP contribution in [0.15, 0.2) is 24.5 Å². The fourth-order valence-corrected chi connectivity index (χ4v) is 4.48. The van der Waals surface area contributed by atoms with Crippen LogP contribution in [-0.4, -0.2) is 49.1 Å². The van der Waals surface area contributed by atoms with Crippen LogP contribution in [0, 0.1) is 0 Å². The molecule has 164 valence electrons. The summed E-state index contributed by atoms with van der Waals surface area (Å²) >= 11 is 0. The average molecular weight is 424 g/mol. The first-order chi connectivity index (χ1) is 14.3. The average Bonchev–Trinajstić information content (AvgIpc) is 3.45. The number of hydrogen-bond donors (Lipinski definition) is 1. The highest BCUT2D eigenvalue weighted by Crippen LogP contribution is 2.42. The molecule has 4 heterocycles. The summed E-state index contributed by atoms with van der Waals surface area (Å²) in [5, 5.41) is 11.7. The molecule has 0 aliphatic carbocycles. The van der Waals surface area contributed by atoms with Gasteiger partial charge in [0.05, 0.1) is 17.8 Å². The highest BCUT2D eigenvalue weighted by Gasteiger charge is 2.46. The second-order valence-electron chi connectivity index (χ2n) is 8.23. The first-order valence-electron chi connectivity index (χ1n) is 10.5. The van der Waals surface area contributed by atoms with E-state index in [2.05, 4.69) is 15.5 Å². The Bertz CT molecular complexity index is 878. The van der Waals surface area contributed by atoms with Crippen LogP contribution in [0.2, 0.25) is 0 Å². The van der Waals surface area contributed by atoms with Gasteiger partial charge in [-0.2, -0.15) is 23.4 Å². The second-order valence-corrected chi connectivity index (χ2v) is 8.23. The number of fused-ring (bicyclic) bond motifs is 1. The van der Waals surface area contributed by atoms with E-state index in [-0.39, 0.29) is 36.9 Å². The van der Waals surface area contributed by atoms with Crippen molar-refractivity contribution in [2.24, 2.45) is 0 Å². The fourth-order valence-electron chi connectivity index (χ4n) is 4.48. The number of halogens is 3. The first kappa shape index (κ1) is 20.7. The number of alkyl halides is 3. The third kappa shape index (κ3) is 3.91. The summed E-state index contributed by atoms with van der Waals surface area (Å²) in [6, 6.07) is 1.22. The predicted molar refractivity (Wildman–Crippen MR) is 105 cm³/mol. The topological polar surface area (TPSA) is 68.0 Å². The van der Waals surface area contributed by atoms with E-state index in [0.717, 1.165) is 11.1 Å². The number of carbonyl (C=O) groups is 1. The lowest BCUT2D eigenvalue weighted by Gasteiger charge is -2.32. The van der Waals surface area contributed by atoms with Crippen LogP contribution in [0.5, 0.6) is 0 Å². The Morgan fingerprint density at radius 1 is 1.40 bits per heavy atom. The molecule has 1 fully saturated rings. The zero-order chi connectivity index (χ0) is 21.5. The Kier molecular flexibility index (Phi) is 5.50. The van der Waals surface area contributed by atoms with Crippen LogP contribution in [0.4, 0.5) is 19.0 Å². The molecule has 7 nitrogen and oxygen atoms in total. The Balaban J connectivity index is 1.55. The van der Waals surface area contributed by atoms with Crippen molar-refractivity contribution < 1.29 is 18.0 Å². The molecule has 2 aromatic heterocycles. The maximum Gasteiger partial charge on any atom is 0.410 e. The number of aromatic nitrogens is 4. The van der Waals surface area contributed by atoms with Gasteiger partial charge in [-0.25, -0.2) is 4.68 Å². The van der Waals surface area contributed by atoms with E-state index >= 15 is 0 Å². The van der Waals surface area contributed by atoms with E-state index in [0.29, 0.717) is 30.9 Å². The van der Waals surface area contributed by atoms with Gasteiger partial charge in [0.2, 0.25) is 5.91 Å². The van der Waals surface area contributed by atoms with Crippen LogP contribution in [0.25, 0.3) is 0 Å². The van der Waals surface area contributed by atoms with E-state index in [1.54, 1.807) is 21.8 Å². The van der Waals surface area contributed by atoms with Crippen LogP contribution < -0.4 is 5.32 Å². The van der Waals surface area contributed by atoms with Crippen LogP contribution in [0.3, 0.4) is 0 Å². The first-order valence-corrected chi connectivity index (χ1v) is 10.5. The summed E-state index contributed by atoms with van der Waals surface area (Å²) in [6.07, 6.45) is 1.48. The zero-order valence-electron chi connectivity index (χ0n) is 17.1. The molecule has 30 heavy (non-hydrogen) atoms. The molecule has 0 unspecified atom stereocenters. The normalized spacial score (nSPS) is 25.1. The van der Waals surface area contributed by atoms with Gasteiger partial charge in [-0.3, -0.25) is 9.48 Å². The van der Waals surface area contributed by atoms with Crippen molar-refractivity contribution >= 4 is 11.7 Å². The molecule has 2 aromatic rings. The van der Waals surface area contributed by atoms with E-state index in [4.69, 9.17) is 0 Å². The number of rotatable bonds is 5. The van der Waals surface area contributed by atoms with Gasteiger partial charge in [0.15, 0.2) is 6.04 Å². The Morgan fingerprint density at radius 3 is 2.87 bits per heavy atom. The molecule has 1 amide bonds. The van der Waals surface area contributed by atoms with Crippen molar-refractivity contribution in [2.45, 2.75) is 76.3 Å². The van der Waals surface area contributed by atoms with Crippen molar-refractivity contribution in [1.82, 2.24) is 24.5 Å². The van der Waals surface area contributed by atoms with Gasteiger partial charge < -0.3 is 10.2 Å². The highest BCUT2D eigenvalue weighted by molar-refractivity contribution is 5.77. The number of carbonyl (C=O) groups excluding carboxylic acids is 1. The molecule has 0 saturated carbocycles. The van der Waals surface area contributed by atoms with E-state index in [1.807, 2.05) is 26.1 Å². The standard InChI is InChI=1S/C20H27F3N6O/c1-3-14-11-17(20(21,22)23)29-18(25-14)12-15(26-29)16-6-4-8-27(16)19(30)10-13(2)28-9-5-7-24-28/h5,7,9,12-14,16-17,25H,3-4,6,8,10-11H2,1-2H3/t13-,14-,16-,17-/m1/s1. The highest BCUT2D eigenvalue weighted by atomic mass is 19.4. The lowest BCUT2D eigenvalue weighted by atomic mass is 10.0. The molecule has 0 bridgehead atoms. The van der Waals surface area contributed by atoms with Crippen molar-refractivity contribution in [2.75, 3.05) is 11.9 Å². The van der Waals surface area contributed by atoms with Gasteiger partial charge in [0.25, 0.3) is 0 Å². The molecule has 4 rings (SSSR count). The van der Waals surface area contributed by atoms with Crippen LogP contribution >= 0.6 is 0 Å². The summed E-state index contributed by atoms with van der Waals surface area (Å²) in [5.74, 6) is 0.355. The maximum atomic E-state index is 13.6. The van der Waals surface area contributed by atoms with Gasteiger partial charge in [-0.15, -0.1) is 0 Å². The minimum Gasteiger partial charge on any atom is -0.367 e.